The van der Waals surface area contributed by atoms with E-state index < -0.39 is 0 Å². The van der Waals surface area contributed by atoms with Gasteiger partial charge in [-0.2, -0.15) is 0 Å². The molecule has 0 spiro atoms. The lowest BCUT2D eigenvalue weighted by atomic mass is 10.2. The smallest absolute Gasteiger partial charge is 0.257 e. The molecule has 0 atom stereocenters. The predicted molar refractivity (Wildman–Crippen MR) is 92.4 cm³/mol. The van der Waals surface area contributed by atoms with Crippen molar-refractivity contribution in [2.24, 2.45) is 0 Å². The van der Waals surface area contributed by atoms with Crippen LogP contribution in [0.4, 0.5) is 0 Å². The number of rotatable bonds is 4. The molecule has 0 radical (unpaired) electrons. The molecule has 1 amide bonds. The molecule has 3 heterocycles. The fraction of sp³-hybridized carbons (Fsp3) is 0.333. The Balaban J connectivity index is 1.63. The number of carbonyl (C=O) groups excluding carboxylic acids is 1. The van der Waals surface area contributed by atoms with Crippen molar-refractivity contribution in [3.63, 3.8) is 0 Å². The average molecular weight is 323 g/mol. The van der Waals surface area contributed by atoms with Crippen molar-refractivity contribution >= 4 is 5.91 Å². The summed E-state index contributed by atoms with van der Waals surface area (Å²) in [4.78, 5) is 29.5. The quantitative estimate of drug-likeness (QED) is 0.804. The molecule has 124 valence electrons. The first-order chi connectivity index (χ1) is 11.6. The molecule has 24 heavy (non-hydrogen) atoms. The van der Waals surface area contributed by atoms with E-state index >= 15 is 0 Å². The molecule has 2 aromatic heterocycles. The largest absolute Gasteiger partial charge is 0.336 e. The fourth-order valence-electron chi connectivity index (χ4n) is 2.74. The van der Waals surface area contributed by atoms with Crippen molar-refractivity contribution in [3.05, 3.63) is 54.5 Å². The van der Waals surface area contributed by atoms with E-state index in [9.17, 15) is 4.79 Å². The van der Waals surface area contributed by atoms with Gasteiger partial charge in [-0.3, -0.25) is 14.7 Å². The van der Waals surface area contributed by atoms with Gasteiger partial charge in [0.2, 0.25) is 0 Å². The van der Waals surface area contributed by atoms with E-state index in [0.717, 1.165) is 25.2 Å². The Bertz CT molecular complexity index is 706. The van der Waals surface area contributed by atoms with E-state index in [1.54, 1.807) is 18.6 Å². The molecule has 1 fully saturated rings. The highest BCUT2D eigenvalue weighted by Gasteiger charge is 2.22. The summed E-state index contributed by atoms with van der Waals surface area (Å²) >= 11 is 0. The number of carbonyl (C=O) groups is 1. The molecule has 1 saturated heterocycles. The first-order valence-electron chi connectivity index (χ1n) is 8.03. The number of aromatic nitrogens is 3. The number of piperazine rings is 1. The topological polar surface area (TPSA) is 62.2 Å². The van der Waals surface area contributed by atoms with Crippen molar-refractivity contribution in [1.29, 1.82) is 0 Å². The van der Waals surface area contributed by atoms with Gasteiger partial charge in [0.25, 0.3) is 5.91 Å². The van der Waals surface area contributed by atoms with Crippen LogP contribution in [0.5, 0.6) is 0 Å². The van der Waals surface area contributed by atoms with Crippen LogP contribution in [0.2, 0.25) is 0 Å². The second-order valence-corrected chi connectivity index (χ2v) is 6.04. The molecule has 6 heteroatoms. The van der Waals surface area contributed by atoms with Gasteiger partial charge in [0, 0.05) is 51.3 Å². The third kappa shape index (κ3) is 3.83. The van der Waals surface area contributed by atoms with Gasteiger partial charge in [0.05, 0.1) is 5.56 Å². The highest BCUT2D eigenvalue weighted by Crippen LogP contribution is 2.12. The summed E-state index contributed by atoms with van der Waals surface area (Å²) in [6, 6.07) is 5.57. The monoisotopic (exact) mass is 323 g/mol. The molecule has 6 nitrogen and oxygen atoms in total. The Morgan fingerprint density at radius 1 is 1.12 bits per heavy atom. The molecular formula is C18H21N5O. The summed E-state index contributed by atoms with van der Waals surface area (Å²) in [7, 11) is 0. The maximum atomic E-state index is 12.6. The second-order valence-electron chi connectivity index (χ2n) is 6.04. The standard InChI is InChI=1S/C18H21N5O/c1-14(2)13-22-7-9-23(10-8-22)18(24)15-11-20-17(21-12-15)16-5-3-4-6-19-16/h3-6,11-12H,1,7-10,13H2,2H3. The number of hydrogen-bond donors (Lipinski definition) is 0. The number of nitrogens with zero attached hydrogens (tertiary/aromatic N) is 5. The summed E-state index contributed by atoms with van der Waals surface area (Å²) in [5.41, 5.74) is 2.36. The van der Waals surface area contributed by atoms with Crippen molar-refractivity contribution in [3.8, 4) is 11.5 Å². The van der Waals surface area contributed by atoms with Crippen LogP contribution in [-0.4, -0.2) is 63.4 Å². The lowest BCUT2D eigenvalue weighted by Crippen LogP contribution is -2.49. The molecule has 1 aliphatic heterocycles. The summed E-state index contributed by atoms with van der Waals surface area (Å²) in [5.74, 6) is 0.510. The Morgan fingerprint density at radius 3 is 2.42 bits per heavy atom. The summed E-state index contributed by atoms with van der Waals surface area (Å²) in [6.07, 6.45) is 4.86. The van der Waals surface area contributed by atoms with Crippen LogP contribution in [0.15, 0.2) is 48.9 Å². The number of pyridine rings is 1. The highest BCUT2D eigenvalue weighted by atomic mass is 16.2. The molecule has 0 N–H and O–H groups in total. The van der Waals surface area contributed by atoms with Crippen LogP contribution >= 0.6 is 0 Å². The zero-order valence-electron chi connectivity index (χ0n) is 13.9. The highest BCUT2D eigenvalue weighted by molar-refractivity contribution is 5.93. The van der Waals surface area contributed by atoms with Crippen LogP contribution in [0.3, 0.4) is 0 Å². The summed E-state index contributed by atoms with van der Waals surface area (Å²) in [6.45, 7) is 10.0. The van der Waals surface area contributed by atoms with Crippen LogP contribution in [0.1, 0.15) is 17.3 Å². The van der Waals surface area contributed by atoms with Crippen molar-refractivity contribution < 1.29 is 4.79 Å². The van der Waals surface area contributed by atoms with Crippen molar-refractivity contribution in [2.75, 3.05) is 32.7 Å². The van der Waals surface area contributed by atoms with Gasteiger partial charge >= 0.3 is 0 Å². The van der Waals surface area contributed by atoms with E-state index in [-0.39, 0.29) is 5.91 Å². The van der Waals surface area contributed by atoms with Gasteiger partial charge in [0.15, 0.2) is 5.82 Å². The van der Waals surface area contributed by atoms with Crippen LogP contribution < -0.4 is 0 Å². The molecule has 2 aromatic rings. The van der Waals surface area contributed by atoms with Crippen LogP contribution in [0, 0.1) is 0 Å². The van der Waals surface area contributed by atoms with Gasteiger partial charge in [-0.05, 0) is 19.1 Å². The minimum atomic E-state index is -0.0162. The van der Waals surface area contributed by atoms with E-state index in [1.165, 1.54) is 0 Å². The molecule has 0 saturated carbocycles. The van der Waals surface area contributed by atoms with E-state index in [4.69, 9.17) is 0 Å². The van der Waals surface area contributed by atoms with E-state index in [1.807, 2.05) is 30.0 Å². The van der Waals surface area contributed by atoms with E-state index in [0.29, 0.717) is 30.2 Å². The fourth-order valence-corrected chi connectivity index (χ4v) is 2.74. The molecule has 0 bridgehead atoms. The third-order valence-electron chi connectivity index (χ3n) is 3.95. The van der Waals surface area contributed by atoms with Gasteiger partial charge in [-0.15, -0.1) is 0 Å². The van der Waals surface area contributed by atoms with Crippen molar-refractivity contribution in [2.45, 2.75) is 6.92 Å². The van der Waals surface area contributed by atoms with Crippen LogP contribution in [-0.2, 0) is 0 Å². The second kappa shape index (κ2) is 7.31. The lowest BCUT2D eigenvalue weighted by Gasteiger charge is -2.34. The Kier molecular flexibility index (Phi) is 4.96. The maximum Gasteiger partial charge on any atom is 0.257 e. The predicted octanol–water partition coefficient (Wildman–Crippen LogP) is 1.87. The van der Waals surface area contributed by atoms with Gasteiger partial charge in [-0.1, -0.05) is 18.2 Å². The maximum absolute atomic E-state index is 12.6. The molecule has 0 unspecified atom stereocenters. The molecule has 3 rings (SSSR count). The van der Waals surface area contributed by atoms with Crippen molar-refractivity contribution in [1.82, 2.24) is 24.8 Å². The third-order valence-corrected chi connectivity index (χ3v) is 3.95. The minimum absolute atomic E-state index is 0.0162. The van der Waals surface area contributed by atoms with Gasteiger partial charge < -0.3 is 4.90 Å². The number of amides is 1. The molecular weight excluding hydrogens is 302 g/mol. The van der Waals surface area contributed by atoms with Gasteiger partial charge in [0.1, 0.15) is 5.69 Å². The molecule has 1 aliphatic rings. The Morgan fingerprint density at radius 2 is 1.83 bits per heavy atom. The first-order valence-corrected chi connectivity index (χ1v) is 8.03. The molecule has 0 aliphatic carbocycles. The average Bonchev–Trinajstić information content (AvgIpc) is 2.62. The first kappa shape index (κ1) is 16.3. The normalized spacial score (nSPS) is 15.3. The van der Waals surface area contributed by atoms with Gasteiger partial charge in [-0.25, -0.2) is 9.97 Å². The number of hydrogen-bond acceptors (Lipinski definition) is 5. The Hall–Kier alpha value is -2.60. The Labute approximate surface area is 141 Å². The molecule has 0 aromatic carbocycles. The van der Waals surface area contributed by atoms with Crippen LogP contribution in [0.25, 0.3) is 11.5 Å². The lowest BCUT2D eigenvalue weighted by molar-refractivity contribution is 0.0647. The zero-order valence-corrected chi connectivity index (χ0v) is 13.9. The zero-order chi connectivity index (χ0) is 16.9. The minimum Gasteiger partial charge on any atom is -0.336 e. The van der Waals surface area contributed by atoms with E-state index in [2.05, 4.69) is 26.4 Å². The SMILES string of the molecule is C=C(C)CN1CCN(C(=O)c2cnc(-c3ccccn3)nc2)CC1. The summed E-state index contributed by atoms with van der Waals surface area (Å²) in [5, 5.41) is 0. The summed E-state index contributed by atoms with van der Waals surface area (Å²) < 4.78 is 0.